The number of nitro groups is 1. The van der Waals surface area contributed by atoms with Gasteiger partial charge in [0.1, 0.15) is 11.3 Å². The Labute approximate surface area is 166 Å². The number of nitrogens with one attached hydrogen (secondary N) is 3. The Hall–Kier alpha value is -3.95. The van der Waals surface area contributed by atoms with Crippen molar-refractivity contribution in [2.75, 3.05) is 11.9 Å². The van der Waals surface area contributed by atoms with E-state index in [0.717, 1.165) is 0 Å². The van der Waals surface area contributed by atoms with Crippen LogP contribution in [0.2, 0.25) is 0 Å². The van der Waals surface area contributed by atoms with Gasteiger partial charge in [0.2, 0.25) is 11.8 Å². The van der Waals surface area contributed by atoms with Crippen molar-refractivity contribution < 1.29 is 24.0 Å². The van der Waals surface area contributed by atoms with Crippen LogP contribution in [-0.2, 0) is 9.59 Å². The number of para-hydroxylation sites is 1. The van der Waals surface area contributed by atoms with E-state index >= 15 is 0 Å². The van der Waals surface area contributed by atoms with Gasteiger partial charge in [0.05, 0.1) is 11.5 Å². The summed E-state index contributed by atoms with van der Waals surface area (Å²) in [5, 5.41) is 13.6. The van der Waals surface area contributed by atoms with Crippen LogP contribution in [0.25, 0.3) is 0 Å². The van der Waals surface area contributed by atoms with Crippen molar-refractivity contribution in [2.24, 2.45) is 0 Å². The molecule has 0 aliphatic rings. The minimum atomic E-state index is -0.829. The first-order chi connectivity index (χ1) is 13.9. The third-order valence-electron chi connectivity index (χ3n) is 3.69. The van der Waals surface area contributed by atoms with Gasteiger partial charge in [-0.2, -0.15) is 0 Å². The molecule has 0 saturated heterocycles. The molecule has 152 valence electrons. The van der Waals surface area contributed by atoms with Gasteiger partial charge in [-0.05, 0) is 37.3 Å². The van der Waals surface area contributed by atoms with Gasteiger partial charge in [-0.25, -0.2) is 0 Å². The predicted molar refractivity (Wildman–Crippen MR) is 104 cm³/mol. The molecule has 3 N–H and O–H groups in total. The predicted octanol–water partition coefficient (Wildman–Crippen LogP) is 2.17. The molecule has 0 heterocycles. The normalized spacial score (nSPS) is 9.97. The van der Waals surface area contributed by atoms with Crippen LogP contribution in [0.3, 0.4) is 0 Å². The molecule has 2 aromatic rings. The fraction of sp³-hybridized carbons (Fsp3) is 0.211. The Balaban J connectivity index is 1.77. The number of hydrogen-bond acceptors (Lipinski definition) is 6. The van der Waals surface area contributed by atoms with Crippen LogP contribution in [0.1, 0.15) is 30.1 Å². The fourth-order valence-electron chi connectivity index (χ4n) is 2.33. The first-order valence-corrected chi connectivity index (χ1v) is 8.76. The van der Waals surface area contributed by atoms with Gasteiger partial charge in [-0.15, -0.1) is 0 Å². The van der Waals surface area contributed by atoms with Crippen molar-refractivity contribution >= 4 is 29.1 Å². The third-order valence-corrected chi connectivity index (χ3v) is 3.69. The molecule has 0 aromatic heterocycles. The third kappa shape index (κ3) is 6.61. The van der Waals surface area contributed by atoms with Gasteiger partial charge in [-0.3, -0.25) is 35.3 Å². The van der Waals surface area contributed by atoms with Gasteiger partial charge in [0.25, 0.3) is 11.6 Å². The summed E-state index contributed by atoms with van der Waals surface area (Å²) in [6.45, 7) is 2.40. The van der Waals surface area contributed by atoms with Crippen LogP contribution in [-0.4, -0.2) is 29.3 Å². The highest BCUT2D eigenvalue weighted by Gasteiger charge is 2.19. The maximum absolute atomic E-state index is 12.0. The Kier molecular flexibility index (Phi) is 7.66. The molecule has 10 nitrogen and oxygen atoms in total. The number of hydrazine groups is 1. The monoisotopic (exact) mass is 400 g/mol. The van der Waals surface area contributed by atoms with Crippen LogP contribution >= 0.6 is 0 Å². The van der Waals surface area contributed by atoms with Gasteiger partial charge in [-0.1, -0.05) is 12.1 Å². The van der Waals surface area contributed by atoms with Crippen LogP contribution in [0.4, 0.5) is 11.4 Å². The summed E-state index contributed by atoms with van der Waals surface area (Å²) in [4.78, 5) is 46.0. The van der Waals surface area contributed by atoms with E-state index in [1.165, 1.54) is 24.3 Å². The molecular weight excluding hydrogens is 380 g/mol. The number of carbonyl (C=O) groups is 3. The topological polar surface area (TPSA) is 140 Å². The lowest BCUT2D eigenvalue weighted by Gasteiger charge is -2.09. The first-order valence-electron chi connectivity index (χ1n) is 8.76. The highest BCUT2D eigenvalue weighted by molar-refractivity contribution is 5.99. The molecule has 0 atom stereocenters. The molecule has 0 radical (unpaired) electrons. The maximum atomic E-state index is 12.0. The van der Waals surface area contributed by atoms with Gasteiger partial charge >= 0.3 is 0 Å². The number of anilines is 1. The van der Waals surface area contributed by atoms with Crippen molar-refractivity contribution in [3.05, 3.63) is 64.2 Å². The summed E-state index contributed by atoms with van der Waals surface area (Å²) < 4.78 is 5.31. The Morgan fingerprint density at radius 3 is 2.28 bits per heavy atom. The summed E-state index contributed by atoms with van der Waals surface area (Å²) >= 11 is 0. The average molecular weight is 400 g/mol. The molecule has 2 aromatic carbocycles. The second-order valence-electron chi connectivity index (χ2n) is 5.78. The lowest BCUT2D eigenvalue weighted by molar-refractivity contribution is -0.385. The molecule has 0 aliphatic carbocycles. The quantitative estimate of drug-likeness (QED) is 0.458. The highest BCUT2D eigenvalue weighted by Crippen LogP contribution is 2.17. The van der Waals surface area contributed by atoms with Crippen molar-refractivity contribution in [1.82, 2.24) is 10.9 Å². The Morgan fingerprint density at radius 1 is 0.966 bits per heavy atom. The smallest absolute Gasteiger partial charge is 0.282 e. The number of carbonyl (C=O) groups excluding carboxylic acids is 3. The van der Waals surface area contributed by atoms with Crippen LogP contribution in [0, 0.1) is 10.1 Å². The van der Waals surface area contributed by atoms with Crippen LogP contribution < -0.4 is 20.9 Å². The fourth-order valence-corrected chi connectivity index (χ4v) is 2.33. The molecule has 0 unspecified atom stereocenters. The molecule has 0 bridgehead atoms. The van der Waals surface area contributed by atoms with E-state index in [1.54, 1.807) is 24.3 Å². The highest BCUT2D eigenvalue weighted by atomic mass is 16.6. The van der Waals surface area contributed by atoms with Gasteiger partial charge < -0.3 is 10.1 Å². The molecule has 3 amide bonds. The number of benzene rings is 2. The second kappa shape index (κ2) is 10.4. The van der Waals surface area contributed by atoms with Crippen molar-refractivity contribution in [3.63, 3.8) is 0 Å². The first kappa shape index (κ1) is 21.4. The lowest BCUT2D eigenvalue weighted by Crippen LogP contribution is -2.42. The summed E-state index contributed by atoms with van der Waals surface area (Å²) in [6, 6.07) is 12.1. The van der Waals surface area contributed by atoms with E-state index in [-0.39, 0.29) is 30.0 Å². The average Bonchev–Trinajstić information content (AvgIpc) is 2.72. The summed E-state index contributed by atoms with van der Waals surface area (Å²) in [7, 11) is 0. The summed E-state index contributed by atoms with van der Waals surface area (Å²) in [5.41, 5.74) is 4.22. The van der Waals surface area contributed by atoms with E-state index in [4.69, 9.17) is 4.74 Å². The minimum Gasteiger partial charge on any atom is -0.494 e. The molecule has 0 aliphatic heterocycles. The molecule has 0 saturated carbocycles. The lowest BCUT2D eigenvalue weighted by atomic mass is 10.2. The number of rotatable bonds is 8. The van der Waals surface area contributed by atoms with Crippen molar-refractivity contribution in [3.8, 4) is 5.75 Å². The second-order valence-corrected chi connectivity index (χ2v) is 5.78. The SMILES string of the molecule is CCOc1ccc(NC(=O)CCC(=O)NNC(=O)c2ccccc2[N+](=O)[O-])cc1. The van der Waals surface area contributed by atoms with Crippen LogP contribution in [0.5, 0.6) is 5.75 Å². The molecular formula is C19H20N4O6. The molecule has 10 heteroatoms. The van der Waals surface area contributed by atoms with Gasteiger partial charge in [0, 0.05) is 24.6 Å². The Morgan fingerprint density at radius 2 is 1.62 bits per heavy atom. The Bertz CT molecular complexity index is 898. The van der Waals surface area contributed by atoms with E-state index in [0.29, 0.717) is 18.0 Å². The molecule has 0 fully saturated rings. The zero-order chi connectivity index (χ0) is 21.2. The molecule has 2 rings (SSSR count). The minimum absolute atomic E-state index is 0.111. The number of hydrogen-bond donors (Lipinski definition) is 3. The molecule has 0 spiro atoms. The van der Waals surface area contributed by atoms with Crippen LogP contribution in [0.15, 0.2) is 48.5 Å². The maximum Gasteiger partial charge on any atom is 0.282 e. The number of nitro benzene ring substituents is 1. The number of ether oxygens (including phenoxy) is 1. The zero-order valence-electron chi connectivity index (χ0n) is 15.6. The number of nitrogens with zero attached hydrogens (tertiary/aromatic N) is 1. The van der Waals surface area contributed by atoms with E-state index in [1.807, 2.05) is 6.92 Å². The van der Waals surface area contributed by atoms with Gasteiger partial charge in [0.15, 0.2) is 0 Å². The van der Waals surface area contributed by atoms with Crippen molar-refractivity contribution in [2.45, 2.75) is 19.8 Å². The van der Waals surface area contributed by atoms with E-state index in [9.17, 15) is 24.5 Å². The summed E-state index contributed by atoms with van der Waals surface area (Å²) in [6.07, 6.45) is -0.291. The largest absolute Gasteiger partial charge is 0.494 e. The standard InChI is InChI=1S/C19H20N4O6/c1-2-29-14-9-7-13(8-10-14)20-17(24)11-12-18(25)21-22-19(26)15-5-3-4-6-16(15)23(27)28/h3-10H,2,11-12H2,1H3,(H,20,24)(H,21,25)(H,22,26). The molecule has 29 heavy (non-hydrogen) atoms. The number of amides is 3. The zero-order valence-corrected chi connectivity index (χ0v) is 15.6. The van der Waals surface area contributed by atoms with E-state index in [2.05, 4.69) is 16.2 Å². The van der Waals surface area contributed by atoms with E-state index < -0.39 is 16.7 Å². The van der Waals surface area contributed by atoms with Crippen molar-refractivity contribution in [1.29, 1.82) is 0 Å². The summed E-state index contributed by atoms with van der Waals surface area (Å²) in [5.74, 6) is -1.14.